The zero-order valence-electron chi connectivity index (χ0n) is 14.3. The average Bonchev–Trinajstić information content (AvgIpc) is 2.48. The van der Waals surface area contributed by atoms with Crippen molar-refractivity contribution >= 4 is 0 Å². The van der Waals surface area contributed by atoms with Gasteiger partial charge in [0.15, 0.2) is 0 Å². The monoisotopic (exact) mass is 285 g/mol. The zero-order chi connectivity index (χ0) is 15.3. The van der Waals surface area contributed by atoms with Gasteiger partial charge < -0.3 is 4.90 Å². The maximum Gasteiger partial charge on any atom is 0.0172 e. The number of allylic oxidation sites excluding steroid dienone is 1. The molecule has 1 fully saturated rings. The first kappa shape index (κ1) is 16.1. The van der Waals surface area contributed by atoms with E-state index in [9.17, 15) is 0 Å². The van der Waals surface area contributed by atoms with Crippen molar-refractivity contribution in [3.05, 3.63) is 47.2 Å². The molecule has 1 heteroatoms. The Morgan fingerprint density at radius 2 is 1.71 bits per heavy atom. The van der Waals surface area contributed by atoms with Crippen LogP contribution in [0.5, 0.6) is 0 Å². The van der Waals surface area contributed by atoms with Crippen molar-refractivity contribution in [2.75, 3.05) is 13.1 Å². The topological polar surface area (TPSA) is 3.24 Å². The van der Waals surface area contributed by atoms with Gasteiger partial charge in [0.05, 0.1) is 0 Å². The summed E-state index contributed by atoms with van der Waals surface area (Å²) in [5.74, 6) is 0. The summed E-state index contributed by atoms with van der Waals surface area (Å²) in [6.45, 7) is 11.6. The van der Waals surface area contributed by atoms with Crippen molar-refractivity contribution in [2.45, 2.75) is 65.2 Å². The summed E-state index contributed by atoms with van der Waals surface area (Å²) in [7, 11) is 0. The summed E-state index contributed by atoms with van der Waals surface area (Å²) < 4.78 is 0. The second-order valence-electron chi connectivity index (χ2n) is 7.18. The van der Waals surface area contributed by atoms with E-state index in [-0.39, 0.29) is 5.41 Å². The molecule has 21 heavy (non-hydrogen) atoms. The SMILES string of the molecule is CCC(C)(C)c1ccc(C/C(C)=C/N2CCCCC2)cc1. The Kier molecular flexibility index (Phi) is 5.50. The fraction of sp³-hybridized carbons (Fsp3) is 0.600. The van der Waals surface area contributed by atoms with Crippen LogP contribution < -0.4 is 0 Å². The lowest BCUT2D eigenvalue weighted by Gasteiger charge is -2.26. The number of rotatable bonds is 5. The lowest BCUT2D eigenvalue weighted by Crippen LogP contribution is -2.24. The maximum absolute atomic E-state index is 2.49. The van der Waals surface area contributed by atoms with E-state index in [0.717, 1.165) is 6.42 Å². The highest BCUT2D eigenvalue weighted by Gasteiger charge is 2.17. The molecule has 1 nitrogen and oxygen atoms in total. The molecule has 0 aliphatic carbocycles. The van der Waals surface area contributed by atoms with E-state index in [1.165, 1.54) is 55.5 Å². The van der Waals surface area contributed by atoms with Crippen molar-refractivity contribution in [1.29, 1.82) is 0 Å². The van der Waals surface area contributed by atoms with Gasteiger partial charge in [-0.05, 0) is 61.8 Å². The van der Waals surface area contributed by atoms with E-state index in [4.69, 9.17) is 0 Å². The van der Waals surface area contributed by atoms with Crippen LogP contribution in [0.15, 0.2) is 36.0 Å². The van der Waals surface area contributed by atoms with E-state index in [1.807, 2.05) is 0 Å². The first-order valence-corrected chi connectivity index (χ1v) is 8.52. The van der Waals surface area contributed by atoms with Gasteiger partial charge in [-0.2, -0.15) is 0 Å². The highest BCUT2D eigenvalue weighted by atomic mass is 15.1. The molecule has 1 heterocycles. The number of nitrogens with zero attached hydrogens (tertiary/aromatic N) is 1. The molecule has 1 aromatic carbocycles. The fourth-order valence-corrected chi connectivity index (χ4v) is 3.00. The zero-order valence-corrected chi connectivity index (χ0v) is 14.3. The van der Waals surface area contributed by atoms with Gasteiger partial charge in [0, 0.05) is 13.1 Å². The molecular weight excluding hydrogens is 254 g/mol. The van der Waals surface area contributed by atoms with E-state index in [1.54, 1.807) is 0 Å². The molecule has 0 radical (unpaired) electrons. The molecule has 0 atom stereocenters. The molecule has 0 N–H and O–H groups in total. The van der Waals surface area contributed by atoms with Gasteiger partial charge >= 0.3 is 0 Å². The third kappa shape index (κ3) is 4.62. The minimum Gasteiger partial charge on any atom is -0.377 e. The molecule has 2 rings (SSSR count). The van der Waals surface area contributed by atoms with Gasteiger partial charge in [0.2, 0.25) is 0 Å². The minimum absolute atomic E-state index is 0.289. The highest BCUT2D eigenvalue weighted by molar-refractivity contribution is 5.30. The van der Waals surface area contributed by atoms with Crippen LogP contribution in [0, 0.1) is 0 Å². The van der Waals surface area contributed by atoms with E-state index in [0.29, 0.717) is 0 Å². The lowest BCUT2D eigenvalue weighted by atomic mass is 9.82. The van der Waals surface area contributed by atoms with Gasteiger partial charge in [0.25, 0.3) is 0 Å². The molecule has 0 bridgehead atoms. The maximum atomic E-state index is 2.49. The van der Waals surface area contributed by atoms with Crippen molar-refractivity contribution < 1.29 is 0 Å². The van der Waals surface area contributed by atoms with Crippen LogP contribution in [0.4, 0.5) is 0 Å². The minimum atomic E-state index is 0.289. The molecule has 0 saturated carbocycles. The molecule has 1 aliphatic heterocycles. The Morgan fingerprint density at radius 1 is 1.10 bits per heavy atom. The molecule has 0 spiro atoms. The normalized spacial score (nSPS) is 17.1. The third-order valence-electron chi connectivity index (χ3n) is 4.90. The molecule has 116 valence electrons. The van der Waals surface area contributed by atoms with Crippen molar-refractivity contribution in [1.82, 2.24) is 4.90 Å². The average molecular weight is 285 g/mol. The van der Waals surface area contributed by atoms with Crippen molar-refractivity contribution in [3.63, 3.8) is 0 Å². The number of hydrogen-bond donors (Lipinski definition) is 0. The molecular formula is C20H31N. The van der Waals surface area contributed by atoms with Gasteiger partial charge in [-0.1, -0.05) is 50.6 Å². The van der Waals surface area contributed by atoms with E-state index >= 15 is 0 Å². The Morgan fingerprint density at radius 3 is 2.29 bits per heavy atom. The van der Waals surface area contributed by atoms with Gasteiger partial charge in [-0.15, -0.1) is 0 Å². The standard InChI is InChI=1S/C20H31N/c1-5-20(3,4)19-11-9-18(10-12-19)15-17(2)16-21-13-7-6-8-14-21/h9-12,16H,5-8,13-15H2,1-4H3/b17-16+. The van der Waals surface area contributed by atoms with Crippen LogP contribution in [-0.2, 0) is 11.8 Å². The Balaban J connectivity index is 1.98. The Hall–Kier alpha value is -1.24. The Labute approximate surface area is 131 Å². The lowest BCUT2D eigenvalue weighted by molar-refractivity contribution is 0.307. The van der Waals surface area contributed by atoms with Crippen LogP contribution in [-0.4, -0.2) is 18.0 Å². The molecule has 1 aromatic rings. The first-order chi connectivity index (χ1) is 10.0. The summed E-state index contributed by atoms with van der Waals surface area (Å²) in [5.41, 5.74) is 4.64. The number of hydrogen-bond acceptors (Lipinski definition) is 1. The number of piperidine rings is 1. The van der Waals surface area contributed by atoms with E-state index in [2.05, 4.69) is 63.1 Å². The first-order valence-electron chi connectivity index (χ1n) is 8.52. The highest BCUT2D eigenvalue weighted by Crippen LogP contribution is 2.27. The summed E-state index contributed by atoms with van der Waals surface area (Å²) >= 11 is 0. The van der Waals surface area contributed by atoms with Gasteiger partial charge in [-0.25, -0.2) is 0 Å². The van der Waals surface area contributed by atoms with Gasteiger partial charge in [0.1, 0.15) is 0 Å². The third-order valence-corrected chi connectivity index (χ3v) is 4.90. The number of benzene rings is 1. The summed E-state index contributed by atoms with van der Waals surface area (Å²) in [6, 6.07) is 9.24. The summed E-state index contributed by atoms with van der Waals surface area (Å²) in [4.78, 5) is 2.49. The van der Waals surface area contributed by atoms with Gasteiger partial charge in [-0.3, -0.25) is 0 Å². The largest absolute Gasteiger partial charge is 0.377 e. The molecule has 0 unspecified atom stereocenters. The van der Waals surface area contributed by atoms with Crippen molar-refractivity contribution in [3.8, 4) is 0 Å². The van der Waals surface area contributed by atoms with Crippen LogP contribution >= 0.6 is 0 Å². The molecule has 1 aliphatic rings. The smallest absolute Gasteiger partial charge is 0.0172 e. The van der Waals surface area contributed by atoms with Crippen LogP contribution in [0.1, 0.15) is 64.5 Å². The summed E-state index contributed by atoms with van der Waals surface area (Å²) in [5, 5.41) is 0. The molecule has 1 saturated heterocycles. The molecule has 0 aromatic heterocycles. The summed E-state index contributed by atoms with van der Waals surface area (Å²) in [6.07, 6.45) is 8.74. The fourth-order valence-electron chi connectivity index (χ4n) is 3.00. The predicted octanol–water partition coefficient (Wildman–Crippen LogP) is 5.31. The number of likely N-dealkylation sites (tertiary alicyclic amines) is 1. The van der Waals surface area contributed by atoms with Crippen molar-refractivity contribution in [2.24, 2.45) is 0 Å². The Bertz CT molecular complexity index is 461. The van der Waals surface area contributed by atoms with E-state index < -0.39 is 0 Å². The second kappa shape index (κ2) is 7.15. The molecule has 0 amide bonds. The van der Waals surface area contributed by atoms with Crippen LogP contribution in [0.2, 0.25) is 0 Å². The van der Waals surface area contributed by atoms with Crippen LogP contribution in [0.3, 0.4) is 0 Å². The quantitative estimate of drug-likeness (QED) is 0.709. The predicted molar refractivity (Wildman–Crippen MR) is 92.6 cm³/mol. The van der Waals surface area contributed by atoms with Crippen LogP contribution in [0.25, 0.3) is 0 Å². The second-order valence-corrected chi connectivity index (χ2v) is 7.18.